The van der Waals surface area contributed by atoms with Gasteiger partial charge in [-0.3, -0.25) is 0 Å². The molecule has 8 nitrogen and oxygen atoms in total. The van der Waals surface area contributed by atoms with E-state index in [0.717, 1.165) is 13.2 Å². The predicted octanol–water partition coefficient (Wildman–Crippen LogP) is 2.48. The summed E-state index contributed by atoms with van der Waals surface area (Å²) in [6.07, 6.45) is 0.0161. The van der Waals surface area contributed by atoms with Gasteiger partial charge in [-0.15, -0.1) is 0 Å². The number of aromatic hydroxyl groups is 2. The van der Waals surface area contributed by atoms with Gasteiger partial charge in [-0.2, -0.15) is 0 Å². The van der Waals surface area contributed by atoms with Gasteiger partial charge in [-0.05, 0) is 49.5 Å². The van der Waals surface area contributed by atoms with Crippen LogP contribution in [0.4, 0.5) is 0 Å². The van der Waals surface area contributed by atoms with E-state index in [1.54, 1.807) is 12.1 Å². The van der Waals surface area contributed by atoms with Crippen LogP contribution >= 0.6 is 0 Å². The van der Waals surface area contributed by atoms with Crippen molar-refractivity contribution in [3.63, 3.8) is 0 Å². The molecule has 0 atom stereocenters. The van der Waals surface area contributed by atoms with E-state index in [2.05, 4.69) is 67.5 Å². The molecule has 0 heterocycles. The van der Waals surface area contributed by atoms with Crippen LogP contribution in [0.3, 0.4) is 0 Å². The molecule has 40 heavy (non-hydrogen) atoms. The van der Waals surface area contributed by atoms with E-state index in [1.807, 2.05) is 12.1 Å². The molecule has 4 aromatic rings. The number of para-hydroxylation sites is 2. The van der Waals surface area contributed by atoms with Crippen LogP contribution in [0.25, 0.3) is 0 Å². The zero-order valence-electron chi connectivity index (χ0n) is 22.5. The smallest absolute Gasteiger partial charge is 0.545 e. The van der Waals surface area contributed by atoms with Gasteiger partial charge in [-0.25, -0.2) is 0 Å². The fourth-order valence-electron chi connectivity index (χ4n) is 3.29. The number of benzene rings is 4. The molecule has 0 aliphatic carbocycles. The van der Waals surface area contributed by atoms with Crippen molar-refractivity contribution in [3.8, 4) is 11.5 Å². The van der Waals surface area contributed by atoms with Crippen molar-refractivity contribution in [2.24, 2.45) is 0 Å². The number of phenols is 2. The van der Waals surface area contributed by atoms with Crippen LogP contribution in [-0.4, -0.2) is 77.4 Å². The molecule has 0 fully saturated rings. The Morgan fingerprint density at radius 2 is 1.02 bits per heavy atom. The second-order valence-corrected chi connectivity index (χ2v) is 8.48. The third-order valence-electron chi connectivity index (χ3n) is 5.28. The molecule has 0 aliphatic heterocycles. The molecular formula is C31H31MgNO7. The third-order valence-corrected chi connectivity index (χ3v) is 5.28. The molecule has 0 unspecified atom stereocenters. The minimum atomic E-state index is -1.36. The van der Waals surface area contributed by atoms with E-state index < -0.39 is 11.9 Å². The monoisotopic (exact) mass is 553 g/mol. The molecule has 0 saturated carbocycles. The van der Waals surface area contributed by atoms with Gasteiger partial charge in [0, 0.05) is 17.7 Å². The van der Waals surface area contributed by atoms with Gasteiger partial charge in [0.1, 0.15) is 17.6 Å². The standard InChI is InChI=1S/C17H21NO.2C7H6O3.Mg/c1-18(2)13-14-19-17(15-9-5-3-6-10-15)16-11-7-4-8-12-16;2*8-6-4-2-1-3-5(6)7(9)10;/h3-12,17H,13-14H2,1-2H3;2*1-4,8H,(H,9,10);/q;;;+2/p-2. The maximum atomic E-state index is 10.2. The number of carbonyl (C=O) groups excluding carboxylic acids is 2. The van der Waals surface area contributed by atoms with Crippen LogP contribution < -0.4 is 10.2 Å². The zero-order valence-corrected chi connectivity index (χ0v) is 23.9. The topological polar surface area (TPSA) is 133 Å². The van der Waals surface area contributed by atoms with Crippen LogP contribution in [0.2, 0.25) is 0 Å². The van der Waals surface area contributed by atoms with Gasteiger partial charge in [0.25, 0.3) is 0 Å². The van der Waals surface area contributed by atoms with Crippen molar-refractivity contribution in [2.75, 3.05) is 27.2 Å². The summed E-state index contributed by atoms with van der Waals surface area (Å²) in [4.78, 5) is 22.4. The van der Waals surface area contributed by atoms with Crippen molar-refractivity contribution in [1.82, 2.24) is 4.90 Å². The Morgan fingerprint density at radius 1 is 0.675 bits per heavy atom. The second kappa shape index (κ2) is 18.4. The SMILES string of the molecule is CN(C)CCOC(c1ccccc1)c1ccccc1.O=C([O-])c1ccccc1O.O=C([O-])c1ccccc1O.[Mg+2]. The Bertz CT molecular complexity index is 1210. The first-order chi connectivity index (χ1) is 18.7. The molecule has 4 rings (SSSR count). The summed E-state index contributed by atoms with van der Waals surface area (Å²) < 4.78 is 6.08. The van der Waals surface area contributed by atoms with Crippen LogP contribution in [0.1, 0.15) is 37.9 Å². The first-order valence-electron chi connectivity index (χ1n) is 12.1. The first-order valence-corrected chi connectivity index (χ1v) is 12.1. The molecule has 0 aromatic heterocycles. The van der Waals surface area contributed by atoms with Crippen molar-refractivity contribution < 1.29 is 34.8 Å². The van der Waals surface area contributed by atoms with Crippen molar-refractivity contribution in [2.45, 2.75) is 6.10 Å². The number of carboxylic acids is 2. The number of likely N-dealkylation sites (N-methyl/N-ethyl adjacent to an activating group) is 1. The van der Waals surface area contributed by atoms with Gasteiger partial charge in [-0.1, -0.05) is 84.9 Å². The van der Waals surface area contributed by atoms with E-state index in [4.69, 9.17) is 14.9 Å². The minimum absolute atomic E-state index is 0. The number of rotatable bonds is 8. The summed E-state index contributed by atoms with van der Waals surface area (Å²) in [5.41, 5.74) is 2.05. The quantitative estimate of drug-likeness (QED) is 0.318. The minimum Gasteiger partial charge on any atom is -0.545 e. The summed E-state index contributed by atoms with van der Waals surface area (Å²) in [6, 6.07) is 32.0. The third kappa shape index (κ3) is 11.9. The Morgan fingerprint density at radius 3 is 1.32 bits per heavy atom. The van der Waals surface area contributed by atoms with E-state index in [0.29, 0.717) is 0 Å². The molecule has 0 aliphatic rings. The Balaban J connectivity index is 0.000000324. The number of ether oxygens (including phenoxy) is 1. The van der Waals surface area contributed by atoms with E-state index >= 15 is 0 Å². The molecule has 9 heteroatoms. The number of carboxylic acid groups (broad SMARTS) is 2. The maximum absolute atomic E-state index is 10.2. The number of carbonyl (C=O) groups is 2. The molecular weight excluding hydrogens is 523 g/mol. The molecule has 204 valence electrons. The fourth-order valence-corrected chi connectivity index (χ4v) is 3.29. The summed E-state index contributed by atoms with van der Waals surface area (Å²) >= 11 is 0. The fraction of sp³-hybridized carbons (Fsp3) is 0.161. The maximum Gasteiger partial charge on any atom is 2.00 e. The van der Waals surface area contributed by atoms with E-state index in [1.165, 1.54) is 47.5 Å². The Hall–Kier alpha value is -3.89. The van der Waals surface area contributed by atoms with Gasteiger partial charge in [0.15, 0.2) is 0 Å². The summed E-state index contributed by atoms with van der Waals surface area (Å²) in [5.74, 6) is -3.25. The van der Waals surface area contributed by atoms with Crippen LogP contribution in [0, 0.1) is 0 Å². The summed E-state index contributed by atoms with van der Waals surface area (Å²) in [7, 11) is 4.12. The first kappa shape index (κ1) is 34.1. The van der Waals surface area contributed by atoms with Crippen LogP contribution in [0.15, 0.2) is 109 Å². The zero-order chi connectivity index (χ0) is 28.6. The normalized spacial score (nSPS) is 9.90. The van der Waals surface area contributed by atoms with Gasteiger partial charge >= 0.3 is 23.1 Å². The number of aromatic carboxylic acids is 2. The molecule has 0 saturated heterocycles. The van der Waals surface area contributed by atoms with Gasteiger partial charge in [0.05, 0.1) is 18.5 Å². The number of nitrogens with zero attached hydrogens (tertiary/aromatic N) is 1. The van der Waals surface area contributed by atoms with Crippen molar-refractivity contribution in [3.05, 3.63) is 131 Å². The average Bonchev–Trinajstić information content (AvgIpc) is 2.93. The van der Waals surface area contributed by atoms with Gasteiger partial charge in [0.2, 0.25) is 0 Å². The summed E-state index contributed by atoms with van der Waals surface area (Å²) in [5, 5.41) is 38.0. The second-order valence-electron chi connectivity index (χ2n) is 8.48. The largest absolute Gasteiger partial charge is 2.00 e. The average molecular weight is 554 g/mol. The van der Waals surface area contributed by atoms with Crippen molar-refractivity contribution in [1.29, 1.82) is 0 Å². The number of hydrogen-bond donors (Lipinski definition) is 2. The van der Waals surface area contributed by atoms with Gasteiger partial charge < -0.3 is 39.7 Å². The molecule has 0 radical (unpaired) electrons. The Labute approximate surface area is 250 Å². The molecule has 2 N–H and O–H groups in total. The predicted molar refractivity (Wildman–Crippen MR) is 150 cm³/mol. The Kier molecular flexibility index (Phi) is 15.7. The molecule has 0 bridgehead atoms. The van der Waals surface area contributed by atoms with Crippen LogP contribution in [-0.2, 0) is 4.74 Å². The van der Waals surface area contributed by atoms with Crippen molar-refractivity contribution >= 4 is 35.0 Å². The van der Waals surface area contributed by atoms with Crippen LogP contribution in [0.5, 0.6) is 11.5 Å². The molecule has 0 amide bonds. The molecule has 4 aromatic carbocycles. The molecule has 0 spiro atoms. The van der Waals surface area contributed by atoms with E-state index in [-0.39, 0.29) is 51.8 Å². The number of hydrogen-bond acceptors (Lipinski definition) is 8. The van der Waals surface area contributed by atoms with E-state index in [9.17, 15) is 19.8 Å². The summed E-state index contributed by atoms with van der Waals surface area (Å²) in [6.45, 7) is 1.65.